The molecule has 4 rings (SSSR count). The first-order chi connectivity index (χ1) is 16.5. The van der Waals surface area contributed by atoms with Crippen molar-refractivity contribution in [3.63, 3.8) is 0 Å². The molecule has 2 N–H and O–H groups in total. The number of halogens is 1. The lowest BCUT2D eigenvalue weighted by molar-refractivity contribution is -0.136. The number of aromatic nitrogens is 3. The SMILES string of the molecule is CCCCCC[C@@H](Sc1nc(Cl)cc(Nc2nc(-c3ccc4ccccc4c3)cs2)n1)C(=O)O. The van der Waals surface area contributed by atoms with Crippen LogP contribution in [-0.4, -0.2) is 31.3 Å². The van der Waals surface area contributed by atoms with Crippen LogP contribution in [0.15, 0.2) is 59.1 Å². The minimum absolute atomic E-state index is 0.251. The molecule has 2 aromatic heterocycles. The van der Waals surface area contributed by atoms with Gasteiger partial charge in [0.2, 0.25) is 0 Å². The van der Waals surface area contributed by atoms with E-state index < -0.39 is 11.2 Å². The standard InChI is InChI=1S/C25H25ClN4O2S2/c1-2-3-4-5-10-20(23(31)32)34-25-28-21(26)14-22(30-25)29-24-27-19(15-33-24)18-12-11-16-8-6-7-9-17(16)13-18/h6-9,11-15,20H,2-5,10H2,1H3,(H,31,32)(H,27,28,29,30)/t20-/m1/s1. The van der Waals surface area contributed by atoms with E-state index in [1.165, 1.54) is 16.7 Å². The highest BCUT2D eigenvalue weighted by Gasteiger charge is 2.21. The van der Waals surface area contributed by atoms with Crippen molar-refractivity contribution in [3.8, 4) is 11.3 Å². The van der Waals surface area contributed by atoms with Gasteiger partial charge in [0.05, 0.1) is 5.69 Å². The molecule has 176 valence electrons. The van der Waals surface area contributed by atoms with Gasteiger partial charge < -0.3 is 10.4 Å². The summed E-state index contributed by atoms with van der Waals surface area (Å²) in [5.74, 6) is -0.378. The number of thiazole rings is 1. The molecule has 6 nitrogen and oxygen atoms in total. The molecule has 34 heavy (non-hydrogen) atoms. The van der Waals surface area contributed by atoms with Crippen LogP contribution in [-0.2, 0) is 4.79 Å². The Morgan fingerprint density at radius 1 is 1.09 bits per heavy atom. The average Bonchev–Trinajstić information content (AvgIpc) is 3.28. The second-order valence-corrected chi connectivity index (χ2v) is 10.3. The number of rotatable bonds is 11. The minimum Gasteiger partial charge on any atom is -0.480 e. The number of nitrogens with one attached hydrogen (secondary N) is 1. The van der Waals surface area contributed by atoms with Gasteiger partial charge in [0.15, 0.2) is 10.3 Å². The van der Waals surface area contributed by atoms with Gasteiger partial charge in [-0.25, -0.2) is 15.0 Å². The molecule has 0 aliphatic rings. The lowest BCUT2D eigenvalue weighted by atomic mass is 10.1. The normalized spacial score (nSPS) is 12.1. The largest absolute Gasteiger partial charge is 0.480 e. The van der Waals surface area contributed by atoms with Crippen molar-refractivity contribution in [3.05, 3.63) is 59.1 Å². The number of nitrogens with zero attached hydrogens (tertiary/aromatic N) is 3. The van der Waals surface area contributed by atoms with E-state index >= 15 is 0 Å². The van der Waals surface area contributed by atoms with Crippen LogP contribution in [0, 0.1) is 0 Å². The average molecular weight is 513 g/mol. The van der Waals surface area contributed by atoms with Crippen LogP contribution in [0.5, 0.6) is 0 Å². The number of carbonyl (C=O) groups is 1. The highest BCUT2D eigenvalue weighted by Crippen LogP contribution is 2.31. The molecule has 2 heterocycles. The highest BCUT2D eigenvalue weighted by atomic mass is 35.5. The molecule has 0 radical (unpaired) electrons. The van der Waals surface area contributed by atoms with Crippen molar-refractivity contribution >= 4 is 62.4 Å². The predicted octanol–water partition coefficient (Wildman–Crippen LogP) is 7.67. The maximum Gasteiger partial charge on any atom is 0.317 e. The van der Waals surface area contributed by atoms with Crippen molar-refractivity contribution in [1.82, 2.24) is 15.0 Å². The van der Waals surface area contributed by atoms with E-state index in [1.54, 1.807) is 6.07 Å². The van der Waals surface area contributed by atoms with Gasteiger partial charge in [0, 0.05) is 17.0 Å². The molecule has 0 amide bonds. The third-order valence-electron chi connectivity index (χ3n) is 5.30. The lowest BCUT2D eigenvalue weighted by Gasteiger charge is -2.12. The zero-order valence-corrected chi connectivity index (χ0v) is 21.1. The Morgan fingerprint density at radius 2 is 1.91 bits per heavy atom. The second-order valence-electron chi connectivity index (χ2n) is 7.88. The molecule has 0 saturated carbocycles. The van der Waals surface area contributed by atoms with Crippen LogP contribution < -0.4 is 5.32 Å². The first-order valence-corrected chi connectivity index (χ1v) is 13.3. The van der Waals surface area contributed by atoms with E-state index in [0.717, 1.165) is 54.1 Å². The van der Waals surface area contributed by atoms with Gasteiger partial charge in [-0.3, -0.25) is 4.79 Å². The summed E-state index contributed by atoms with van der Waals surface area (Å²) in [5, 5.41) is 17.8. The Hall–Kier alpha value is -2.68. The zero-order chi connectivity index (χ0) is 23.9. The van der Waals surface area contributed by atoms with Crippen molar-refractivity contribution < 1.29 is 9.90 Å². The van der Waals surface area contributed by atoms with Gasteiger partial charge in [0.25, 0.3) is 0 Å². The Balaban J connectivity index is 1.47. The fraction of sp³-hybridized carbons (Fsp3) is 0.280. The van der Waals surface area contributed by atoms with Gasteiger partial charge in [-0.2, -0.15) is 0 Å². The van der Waals surface area contributed by atoms with Gasteiger partial charge in [-0.05, 0) is 23.3 Å². The van der Waals surface area contributed by atoms with Gasteiger partial charge in [0.1, 0.15) is 16.2 Å². The van der Waals surface area contributed by atoms with Gasteiger partial charge >= 0.3 is 5.97 Å². The van der Waals surface area contributed by atoms with Crippen molar-refractivity contribution in [1.29, 1.82) is 0 Å². The Bertz CT molecular complexity index is 1280. The highest BCUT2D eigenvalue weighted by molar-refractivity contribution is 8.00. The van der Waals surface area contributed by atoms with Crippen LogP contribution in [0.4, 0.5) is 10.9 Å². The number of hydrogen-bond donors (Lipinski definition) is 2. The maximum atomic E-state index is 11.7. The van der Waals surface area contributed by atoms with E-state index in [1.807, 2.05) is 17.5 Å². The first-order valence-electron chi connectivity index (χ1n) is 11.2. The molecule has 0 fully saturated rings. The van der Waals surface area contributed by atoms with Crippen LogP contribution in [0.3, 0.4) is 0 Å². The number of carboxylic acids is 1. The summed E-state index contributed by atoms with van der Waals surface area (Å²) < 4.78 is 0. The summed E-state index contributed by atoms with van der Waals surface area (Å²) in [7, 11) is 0. The first kappa shape index (κ1) is 24.4. The number of unbranched alkanes of at least 4 members (excludes halogenated alkanes) is 3. The van der Waals surface area contributed by atoms with E-state index in [-0.39, 0.29) is 5.15 Å². The number of thioether (sulfide) groups is 1. The van der Waals surface area contributed by atoms with E-state index in [9.17, 15) is 9.90 Å². The predicted molar refractivity (Wildman–Crippen MR) is 141 cm³/mol. The van der Waals surface area contributed by atoms with Crippen LogP contribution in [0.2, 0.25) is 5.15 Å². The third kappa shape index (κ3) is 6.46. The Morgan fingerprint density at radius 3 is 2.71 bits per heavy atom. The molecule has 2 aromatic carbocycles. The summed E-state index contributed by atoms with van der Waals surface area (Å²) >= 11 is 8.81. The number of hydrogen-bond acceptors (Lipinski definition) is 7. The molecule has 4 aromatic rings. The fourth-order valence-electron chi connectivity index (χ4n) is 3.55. The maximum absolute atomic E-state index is 11.7. The number of anilines is 2. The molecule has 0 bridgehead atoms. The van der Waals surface area contributed by atoms with Crippen molar-refractivity contribution in [2.45, 2.75) is 49.4 Å². The minimum atomic E-state index is -0.862. The molecular formula is C25H25ClN4O2S2. The molecule has 0 saturated heterocycles. The molecule has 0 aliphatic heterocycles. The number of aliphatic carboxylic acids is 1. The monoisotopic (exact) mass is 512 g/mol. The van der Waals surface area contributed by atoms with Crippen molar-refractivity contribution in [2.24, 2.45) is 0 Å². The molecule has 0 aliphatic carbocycles. The lowest BCUT2D eigenvalue weighted by Crippen LogP contribution is -2.17. The number of benzene rings is 2. The van der Waals surface area contributed by atoms with E-state index in [0.29, 0.717) is 22.5 Å². The van der Waals surface area contributed by atoms with Crippen molar-refractivity contribution in [2.75, 3.05) is 5.32 Å². The zero-order valence-electron chi connectivity index (χ0n) is 18.7. The molecule has 1 atom stereocenters. The van der Waals surface area contributed by atoms with Crippen LogP contribution in [0.25, 0.3) is 22.0 Å². The summed E-state index contributed by atoms with van der Waals surface area (Å²) in [5.41, 5.74) is 1.90. The van der Waals surface area contributed by atoms with Gasteiger partial charge in [-0.1, -0.05) is 92.4 Å². The number of fused-ring (bicyclic) bond motifs is 1. The third-order valence-corrected chi connectivity index (χ3v) is 7.37. The van der Waals surface area contributed by atoms with E-state index in [4.69, 9.17) is 16.6 Å². The summed E-state index contributed by atoms with van der Waals surface area (Å²) in [6.45, 7) is 2.13. The topological polar surface area (TPSA) is 88.0 Å². The Labute approximate surface area is 211 Å². The Kier molecular flexibility index (Phi) is 8.37. The van der Waals surface area contributed by atoms with Crippen LogP contribution in [0.1, 0.15) is 39.0 Å². The molecule has 0 unspecified atom stereocenters. The quantitative estimate of drug-likeness (QED) is 0.0922. The molecule has 0 spiro atoms. The second kappa shape index (κ2) is 11.6. The summed E-state index contributed by atoms with van der Waals surface area (Å²) in [6.07, 6.45) is 4.67. The smallest absolute Gasteiger partial charge is 0.317 e. The molecular weight excluding hydrogens is 488 g/mol. The fourth-order valence-corrected chi connectivity index (χ4v) is 5.45. The summed E-state index contributed by atoms with van der Waals surface area (Å²) in [6, 6.07) is 16.1. The number of carboxylic acid groups (broad SMARTS) is 1. The molecule has 9 heteroatoms. The van der Waals surface area contributed by atoms with Gasteiger partial charge in [-0.15, -0.1) is 11.3 Å². The summed E-state index contributed by atoms with van der Waals surface area (Å²) in [4.78, 5) is 25.1. The van der Waals surface area contributed by atoms with E-state index in [2.05, 4.69) is 52.5 Å². The van der Waals surface area contributed by atoms with Crippen LogP contribution >= 0.6 is 34.7 Å².